The number of nitrogens with zero attached hydrogens (tertiary/aromatic N) is 1. The first kappa shape index (κ1) is 17.0. The summed E-state index contributed by atoms with van der Waals surface area (Å²) in [7, 11) is 3.49. The summed E-state index contributed by atoms with van der Waals surface area (Å²) < 4.78 is 5.11. The highest BCUT2D eigenvalue weighted by Crippen LogP contribution is 2.12. The molecule has 0 aliphatic rings. The molecule has 6 heteroatoms. The highest BCUT2D eigenvalue weighted by molar-refractivity contribution is 5.96. The topological polar surface area (TPSA) is 84.7 Å². The molecule has 0 saturated carbocycles. The van der Waals surface area contributed by atoms with E-state index in [1.165, 1.54) is 5.56 Å². The Morgan fingerprint density at radius 2 is 1.95 bits per heavy atom. The summed E-state index contributed by atoms with van der Waals surface area (Å²) in [5.41, 5.74) is 6.15. The van der Waals surface area contributed by atoms with Gasteiger partial charge in [0.15, 0.2) is 0 Å². The normalized spacial score (nSPS) is 12.0. The van der Waals surface area contributed by atoms with Crippen LogP contribution in [0.3, 0.4) is 0 Å². The van der Waals surface area contributed by atoms with E-state index in [1.807, 2.05) is 36.2 Å². The van der Waals surface area contributed by atoms with Crippen molar-refractivity contribution < 1.29 is 14.3 Å². The third-order valence-electron chi connectivity index (χ3n) is 3.42. The minimum Gasteiger partial charge on any atom is -0.497 e. The third-order valence-corrected chi connectivity index (χ3v) is 3.42. The molecule has 3 amide bonds. The number of ether oxygens (including phenoxy) is 1. The molecular weight excluding hydrogens is 270 g/mol. The van der Waals surface area contributed by atoms with Crippen LogP contribution < -0.4 is 15.8 Å². The quantitative estimate of drug-likeness (QED) is 0.789. The first-order valence-electron chi connectivity index (χ1n) is 6.87. The average molecular weight is 293 g/mol. The maximum atomic E-state index is 11.6. The number of carbonyl (C=O) groups excluding carboxylic acids is 2. The molecule has 1 aromatic carbocycles. The molecule has 6 nitrogen and oxygen atoms in total. The SMILES string of the molecule is COc1ccc(CCCN(C)[C@@H](C)C(=O)NC(N)=O)cc1. The van der Waals surface area contributed by atoms with Crippen LogP contribution in [0.2, 0.25) is 0 Å². The fourth-order valence-electron chi connectivity index (χ4n) is 1.94. The van der Waals surface area contributed by atoms with E-state index in [9.17, 15) is 9.59 Å². The maximum Gasteiger partial charge on any atom is 0.318 e. The zero-order valence-corrected chi connectivity index (χ0v) is 12.8. The molecule has 0 spiro atoms. The average Bonchev–Trinajstić information content (AvgIpc) is 2.46. The van der Waals surface area contributed by atoms with E-state index in [1.54, 1.807) is 14.0 Å². The lowest BCUT2D eigenvalue weighted by Crippen LogP contribution is -2.47. The molecule has 116 valence electrons. The largest absolute Gasteiger partial charge is 0.497 e. The molecular formula is C15H23N3O3. The van der Waals surface area contributed by atoms with Crippen molar-refractivity contribution in [2.24, 2.45) is 5.73 Å². The van der Waals surface area contributed by atoms with Gasteiger partial charge in [0.2, 0.25) is 5.91 Å². The number of methoxy groups -OCH3 is 1. The van der Waals surface area contributed by atoms with Crippen LogP contribution in [0.4, 0.5) is 4.79 Å². The number of primary amides is 1. The number of carbonyl (C=O) groups is 2. The van der Waals surface area contributed by atoms with Gasteiger partial charge in [-0.3, -0.25) is 15.0 Å². The highest BCUT2D eigenvalue weighted by atomic mass is 16.5. The highest BCUT2D eigenvalue weighted by Gasteiger charge is 2.18. The molecule has 3 N–H and O–H groups in total. The molecule has 0 radical (unpaired) electrons. The molecule has 0 aromatic heterocycles. The Labute approximate surface area is 125 Å². The zero-order chi connectivity index (χ0) is 15.8. The van der Waals surface area contributed by atoms with E-state index in [4.69, 9.17) is 10.5 Å². The molecule has 0 heterocycles. The number of nitrogens with two attached hydrogens (primary N) is 1. The lowest BCUT2D eigenvalue weighted by molar-refractivity contribution is -0.124. The van der Waals surface area contributed by atoms with Crippen molar-refractivity contribution in [3.8, 4) is 5.75 Å². The number of benzene rings is 1. The number of nitrogens with one attached hydrogen (secondary N) is 1. The third kappa shape index (κ3) is 5.83. The van der Waals surface area contributed by atoms with Gasteiger partial charge < -0.3 is 10.5 Å². The van der Waals surface area contributed by atoms with E-state index in [0.29, 0.717) is 0 Å². The van der Waals surface area contributed by atoms with Crippen molar-refractivity contribution in [1.29, 1.82) is 0 Å². The Morgan fingerprint density at radius 3 is 2.48 bits per heavy atom. The van der Waals surface area contributed by atoms with E-state index >= 15 is 0 Å². The fraction of sp³-hybridized carbons (Fsp3) is 0.467. The molecule has 0 aliphatic heterocycles. The van der Waals surface area contributed by atoms with Gasteiger partial charge in [0.25, 0.3) is 0 Å². The van der Waals surface area contributed by atoms with Gasteiger partial charge in [-0.1, -0.05) is 12.1 Å². The van der Waals surface area contributed by atoms with Gasteiger partial charge in [0.05, 0.1) is 13.2 Å². The Hall–Kier alpha value is -2.08. The number of urea groups is 1. The number of likely N-dealkylation sites (N-methyl/N-ethyl adjacent to an activating group) is 1. The Bertz CT molecular complexity index is 474. The summed E-state index contributed by atoms with van der Waals surface area (Å²) in [5, 5.41) is 2.09. The predicted octanol–water partition coefficient (Wildman–Crippen LogP) is 1.14. The number of aryl methyl sites for hydroxylation is 1. The Kier molecular flexibility index (Phi) is 6.68. The molecule has 0 unspecified atom stereocenters. The van der Waals surface area contributed by atoms with Gasteiger partial charge in [-0.2, -0.15) is 0 Å². The summed E-state index contributed by atoms with van der Waals surface area (Å²) >= 11 is 0. The van der Waals surface area contributed by atoms with Crippen LogP contribution in [0.1, 0.15) is 18.9 Å². The van der Waals surface area contributed by atoms with Crippen LogP contribution >= 0.6 is 0 Å². The lowest BCUT2D eigenvalue weighted by atomic mass is 10.1. The van der Waals surface area contributed by atoms with Crippen LogP contribution in [-0.2, 0) is 11.2 Å². The summed E-state index contributed by atoms with van der Waals surface area (Å²) in [6.07, 6.45) is 1.83. The standard InChI is InChI=1S/C15H23N3O3/c1-11(14(19)17-15(16)20)18(2)10-4-5-12-6-8-13(21-3)9-7-12/h6-9,11H,4-5,10H2,1-3H3,(H3,16,17,19,20)/t11-/m0/s1. The van der Waals surface area contributed by atoms with E-state index in [-0.39, 0.29) is 5.91 Å². The van der Waals surface area contributed by atoms with E-state index in [2.05, 4.69) is 5.32 Å². The van der Waals surface area contributed by atoms with Gasteiger partial charge in [-0.25, -0.2) is 4.79 Å². The monoisotopic (exact) mass is 293 g/mol. The molecule has 1 atom stereocenters. The van der Waals surface area contributed by atoms with Crippen molar-refractivity contribution in [3.63, 3.8) is 0 Å². The smallest absolute Gasteiger partial charge is 0.318 e. The molecule has 0 fully saturated rings. The van der Waals surface area contributed by atoms with Crippen molar-refractivity contribution >= 4 is 11.9 Å². The number of imide groups is 1. The van der Waals surface area contributed by atoms with Crippen molar-refractivity contribution in [2.75, 3.05) is 20.7 Å². The van der Waals surface area contributed by atoms with Crippen molar-refractivity contribution in [2.45, 2.75) is 25.8 Å². The van der Waals surface area contributed by atoms with E-state index < -0.39 is 12.1 Å². The second-order valence-electron chi connectivity index (χ2n) is 4.96. The van der Waals surface area contributed by atoms with Crippen LogP contribution in [0.15, 0.2) is 24.3 Å². The maximum absolute atomic E-state index is 11.6. The molecule has 1 rings (SSSR count). The lowest BCUT2D eigenvalue weighted by Gasteiger charge is -2.23. The minimum absolute atomic E-state index is 0.380. The molecule has 1 aromatic rings. The molecule has 21 heavy (non-hydrogen) atoms. The number of hydrogen-bond acceptors (Lipinski definition) is 4. The van der Waals surface area contributed by atoms with Crippen LogP contribution in [0.25, 0.3) is 0 Å². The summed E-state index contributed by atoms with van der Waals surface area (Å²) in [6, 6.07) is 6.71. The summed E-state index contributed by atoms with van der Waals surface area (Å²) in [6.45, 7) is 2.49. The van der Waals surface area contributed by atoms with Gasteiger partial charge in [0.1, 0.15) is 5.75 Å². The van der Waals surface area contributed by atoms with Crippen molar-refractivity contribution in [3.05, 3.63) is 29.8 Å². The number of rotatable bonds is 7. The molecule has 0 saturated heterocycles. The van der Waals surface area contributed by atoms with Gasteiger partial charge >= 0.3 is 6.03 Å². The second kappa shape index (κ2) is 8.26. The van der Waals surface area contributed by atoms with Gasteiger partial charge in [-0.05, 0) is 51.1 Å². The first-order chi connectivity index (χ1) is 9.93. The van der Waals surface area contributed by atoms with Crippen LogP contribution in [-0.4, -0.2) is 43.6 Å². The second-order valence-corrected chi connectivity index (χ2v) is 4.96. The first-order valence-corrected chi connectivity index (χ1v) is 6.87. The minimum atomic E-state index is -0.821. The van der Waals surface area contributed by atoms with Crippen LogP contribution in [0.5, 0.6) is 5.75 Å². The Morgan fingerprint density at radius 1 is 1.33 bits per heavy atom. The van der Waals surface area contributed by atoms with Crippen LogP contribution in [0, 0.1) is 0 Å². The molecule has 0 bridgehead atoms. The summed E-state index contributed by atoms with van der Waals surface area (Å²) in [4.78, 5) is 24.2. The number of hydrogen-bond donors (Lipinski definition) is 2. The van der Waals surface area contributed by atoms with Crippen molar-refractivity contribution in [1.82, 2.24) is 10.2 Å². The predicted molar refractivity (Wildman–Crippen MR) is 81.1 cm³/mol. The zero-order valence-electron chi connectivity index (χ0n) is 12.8. The number of amides is 3. The van der Waals surface area contributed by atoms with E-state index in [0.717, 1.165) is 25.1 Å². The van der Waals surface area contributed by atoms with Gasteiger partial charge in [-0.15, -0.1) is 0 Å². The summed E-state index contributed by atoms with van der Waals surface area (Å²) in [5.74, 6) is 0.460. The fourth-order valence-corrected chi connectivity index (χ4v) is 1.94. The van der Waals surface area contributed by atoms with Gasteiger partial charge in [0, 0.05) is 0 Å². The molecule has 0 aliphatic carbocycles. The Balaban J connectivity index is 2.36.